The molecule has 26 heavy (non-hydrogen) atoms. The van der Waals surface area contributed by atoms with Crippen LogP contribution in [0.3, 0.4) is 0 Å². The molecule has 0 heterocycles. The number of ether oxygens (including phenoxy) is 3. The van der Waals surface area contributed by atoms with Gasteiger partial charge in [0.15, 0.2) is 11.5 Å². The van der Waals surface area contributed by atoms with Gasteiger partial charge in [0.25, 0.3) is 0 Å². The van der Waals surface area contributed by atoms with Crippen molar-refractivity contribution in [3.05, 3.63) is 52.5 Å². The highest BCUT2D eigenvalue weighted by atomic mass is 35.5. The van der Waals surface area contributed by atoms with Crippen LogP contribution < -0.4 is 14.2 Å². The molecule has 0 atom stereocenters. The first-order valence-electron chi connectivity index (χ1n) is 7.89. The second-order valence-corrected chi connectivity index (χ2v) is 6.25. The second kappa shape index (κ2) is 9.55. The summed E-state index contributed by atoms with van der Waals surface area (Å²) in [5.74, 6) is 1.30. The van der Waals surface area contributed by atoms with Gasteiger partial charge >= 0.3 is 0 Å². The van der Waals surface area contributed by atoms with Crippen LogP contribution >= 0.6 is 23.2 Å². The molecule has 0 bridgehead atoms. The number of amides is 1. The Hall–Kier alpha value is -2.11. The van der Waals surface area contributed by atoms with Crippen molar-refractivity contribution in [2.45, 2.75) is 13.1 Å². The number of alkyl halides is 1. The van der Waals surface area contributed by atoms with Crippen LogP contribution in [0.5, 0.6) is 17.2 Å². The third-order valence-electron chi connectivity index (χ3n) is 3.85. The number of rotatable bonds is 8. The van der Waals surface area contributed by atoms with E-state index in [1.165, 1.54) is 0 Å². The topological polar surface area (TPSA) is 48.0 Å². The molecule has 0 aliphatic carbocycles. The third kappa shape index (κ3) is 4.96. The lowest BCUT2D eigenvalue weighted by Crippen LogP contribution is -2.31. The summed E-state index contributed by atoms with van der Waals surface area (Å²) in [4.78, 5) is 14.0. The average molecular weight is 398 g/mol. The third-order valence-corrected chi connectivity index (χ3v) is 4.33. The van der Waals surface area contributed by atoms with Crippen molar-refractivity contribution < 1.29 is 19.0 Å². The van der Waals surface area contributed by atoms with Crippen LogP contribution in [-0.4, -0.2) is 38.0 Å². The van der Waals surface area contributed by atoms with E-state index < -0.39 is 0 Å². The minimum atomic E-state index is -0.171. The first kappa shape index (κ1) is 20.2. The Labute approximate surface area is 163 Å². The quantitative estimate of drug-likeness (QED) is 0.628. The Balaban J connectivity index is 2.30. The normalized spacial score (nSPS) is 10.3. The summed E-state index contributed by atoms with van der Waals surface area (Å²) >= 11 is 11.7. The van der Waals surface area contributed by atoms with Crippen LogP contribution in [0.2, 0.25) is 5.02 Å². The lowest BCUT2D eigenvalue weighted by molar-refractivity contribution is -0.129. The van der Waals surface area contributed by atoms with Crippen LogP contribution in [-0.2, 0) is 17.9 Å². The zero-order chi connectivity index (χ0) is 19.1. The number of hydrogen-bond donors (Lipinski definition) is 0. The smallest absolute Gasteiger partial charge is 0.238 e. The minimum Gasteiger partial charge on any atom is -0.493 e. The van der Waals surface area contributed by atoms with Crippen molar-refractivity contribution in [2.24, 2.45) is 0 Å². The number of hydrogen-bond acceptors (Lipinski definition) is 4. The van der Waals surface area contributed by atoms with E-state index in [0.717, 1.165) is 11.1 Å². The van der Waals surface area contributed by atoms with E-state index in [4.69, 9.17) is 37.4 Å². The van der Waals surface area contributed by atoms with E-state index in [-0.39, 0.29) is 11.8 Å². The minimum absolute atomic E-state index is 0.0992. The lowest BCUT2D eigenvalue weighted by atomic mass is 10.1. The molecule has 0 saturated heterocycles. The van der Waals surface area contributed by atoms with Gasteiger partial charge in [-0.2, -0.15) is 0 Å². The van der Waals surface area contributed by atoms with Crippen LogP contribution in [0.25, 0.3) is 0 Å². The van der Waals surface area contributed by atoms with Gasteiger partial charge in [-0.3, -0.25) is 4.79 Å². The van der Waals surface area contributed by atoms with Gasteiger partial charge in [-0.25, -0.2) is 0 Å². The molecule has 0 aromatic heterocycles. The molecule has 0 saturated carbocycles. The zero-order valence-electron chi connectivity index (χ0n) is 14.9. The van der Waals surface area contributed by atoms with Crippen molar-refractivity contribution >= 4 is 29.1 Å². The fourth-order valence-corrected chi connectivity index (χ4v) is 2.87. The average Bonchev–Trinajstić information content (AvgIpc) is 2.67. The highest BCUT2D eigenvalue weighted by molar-refractivity contribution is 6.30. The number of methoxy groups -OCH3 is 3. The zero-order valence-corrected chi connectivity index (χ0v) is 16.4. The van der Waals surface area contributed by atoms with Gasteiger partial charge in [0.05, 0.1) is 21.3 Å². The monoisotopic (exact) mass is 397 g/mol. The van der Waals surface area contributed by atoms with E-state index in [1.807, 2.05) is 24.3 Å². The van der Waals surface area contributed by atoms with Crippen molar-refractivity contribution in [3.8, 4) is 17.2 Å². The number of benzene rings is 2. The summed E-state index contributed by atoms with van der Waals surface area (Å²) < 4.78 is 16.1. The summed E-state index contributed by atoms with van der Waals surface area (Å²) in [5, 5.41) is 0.647. The molecule has 2 aromatic rings. The van der Waals surface area contributed by atoms with Crippen molar-refractivity contribution in [3.63, 3.8) is 0 Å². The largest absolute Gasteiger partial charge is 0.493 e. The fraction of sp³-hybridized carbons (Fsp3) is 0.316. The van der Waals surface area contributed by atoms with Gasteiger partial charge in [0, 0.05) is 18.1 Å². The molecule has 0 aliphatic heterocycles. The van der Waals surface area contributed by atoms with E-state index in [1.54, 1.807) is 38.4 Å². The number of nitrogens with zero attached hydrogens (tertiary/aromatic N) is 1. The van der Waals surface area contributed by atoms with Crippen LogP contribution in [0, 0.1) is 0 Å². The maximum atomic E-state index is 12.3. The second-order valence-electron chi connectivity index (χ2n) is 5.54. The maximum absolute atomic E-state index is 12.3. The van der Waals surface area contributed by atoms with Crippen LogP contribution in [0.4, 0.5) is 0 Å². The van der Waals surface area contributed by atoms with E-state index in [9.17, 15) is 4.79 Å². The van der Waals surface area contributed by atoms with Crippen molar-refractivity contribution in [1.82, 2.24) is 4.90 Å². The van der Waals surface area contributed by atoms with Gasteiger partial charge in [-0.15, -0.1) is 11.6 Å². The lowest BCUT2D eigenvalue weighted by Gasteiger charge is -2.23. The van der Waals surface area contributed by atoms with Gasteiger partial charge in [0.2, 0.25) is 11.7 Å². The Morgan fingerprint density at radius 2 is 1.46 bits per heavy atom. The Bertz CT molecular complexity index is 725. The molecular weight excluding hydrogens is 377 g/mol. The number of halogens is 2. The van der Waals surface area contributed by atoms with Crippen LogP contribution in [0.1, 0.15) is 11.1 Å². The van der Waals surface area contributed by atoms with Crippen molar-refractivity contribution in [1.29, 1.82) is 0 Å². The summed E-state index contributed by atoms with van der Waals surface area (Å²) in [6.45, 7) is 0.768. The molecule has 0 N–H and O–H groups in total. The molecule has 5 nitrogen and oxygen atoms in total. The molecule has 7 heteroatoms. The predicted octanol–water partition coefficient (Wildman–Crippen LogP) is 4.13. The number of carbonyl (C=O) groups is 1. The molecule has 0 unspecified atom stereocenters. The molecular formula is C19H21Cl2NO4. The first-order valence-corrected chi connectivity index (χ1v) is 8.80. The van der Waals surface area contributed by atoms with Gasteiger partial charge in [-0.1, -0.05) is 23.7 Å². The summed E-state index contributed by atoms with van der Waals surface area (Å²) in [7, 11) is 4.65. The summed E-state index contributed by atoms with van der Waals surface area (Å²) in [6, 6.07) is 11.0. The van der Waals surface area contributed by atoms with Gasteiger partial charge < -0.3 is 19.1 Å². The van der Waals surface area contributed by atoms with Crippen molar-refractivity contribution in [2.75, 3.05) is 27.2 Å². The highest BCUT2D eigenvalue weighted by Gasteiger charge is 2.18. The standard InChI is InChI=1S/C19H21Cl2NO4/c1-24-16-8-14(9-17(25-2)19(16)26-3)12-22(18(23)10-20)11-13-4-6-15(21)7-5-13/h4-9H,10-12H2,1-3H3. The summed E-state index contributed by atoms with van der Waals surface area (Å²) in [5.41, 5.74) is 1.80. The number of carbonyl (C=O) groups excluding carboxylic acids is 1. The van der Waals surface area contributed by atoms with Gasteiger partial charge in [-0.05, 0) is 35.4 Å². The van der Waals surface area contributed by atoms with E-state index in [0.29, 0.717) is 35.4 Å². The Morgan fingerprint density at radius 1 is 0.923 bits per heavy atom. The maximum Gasteiger partial charge on any atom is 0.238 e. The highest BCUT2D eigenvalue weighted by Crippen LogP contribution is 2.38. The molecule has 2 rings (SSSR count). The Morgan fingerprint density at radius 3 is 1.92 bits per heavy atom. The summed E-state index contributed by atoms with van der Waals surface area (Å²) in [6.07, 6.45) is 0. The molecule has 140 valence electrons. The molecule has 1 amide bonds. The molecule has 0 fully saturated rings. The molecule has 2 aromatic carbocycles. The van der Waals surface area contributed by atoms with E-state index in [2.05, 4.69) is 0 Å². The molecule has 0 radical (unpaired) electrons. The SMILES string of the molecule is COc1cc(CN(Cc2ccc(Cl)cc2)C(=O)CCl)cc(OC)c1OC. The molecule has 0 aliphatic rings. The van der Waals surface area contributed by atoms with Gasteiger partial charge in [0.1, 0.15) is 5.88 Å². The van der Waals surface area contributed by atoms with Crippen LogP contribution in [0.15, 0.2) is 36.4 Å². The molecule has 0 spiro atoms. The van der Waals surface area contributed by atoms with E-state index >= 15 is 0 Å². The first-order chi connectivity index (χ1) is 12.5. The predicted molar refractivity (Wildman–Crippen MR) is 103 cm³/mol. The Kier molecular flexibility index (Phi) is 7.42. The fourth-order valence-electron chi connectivity index (χ4n) is 2.57.